The van der Waals surface area contributed by atoms with E-state index in [0.717, 1.165) is 12.1 Å². The molecule has 6 heteroatoms. The van der Waals surface area contributed by atoms with Gasteiger partial charge in [-0.25, -0.2) is 9.18 Å². The Bertz CT molecular complexity index is 448. The van der Waals surface area contributed by atoms with E-state index in [9.17, 15) is 14.0 Å². The van der Waals surface area contributed by atoms with Crippen molar-refractivity contribution in [3.8, 4) is 0 Å². The number of anilines is 1. The van der Waals surface area contributed by atoms with Gasteiger partial charge in [0.25, 0.3) is 0 Å². The summed E-state index contributed by atoms with van der Waals surface area (Å²) in [5.41, 5.74) is 5.08. The van der Waals surface area contributed by atoms with E-state index in [4.69, 9.17) is 10.8 Å². The molecule has 5 nitrogen and oxygen atoms in total. The number of rotatable bonds is 4. The average molecular weight is 240 g/mol. The first-order chi connectivity index (χ1) is 7.95. The topological polar surface area (TPSA) is 92.4 Å². The molecule has 0 saturated heterocycles. The number of hydrogen-bond donors (Lipinski definition) is 3. The molecule has 0 aliphatic rings. The van der Waals surface area contributed by atoms with E-state index in [-0.39, 0.29) is 18.1 Å². The van der Waals surface area contributed by atoms with Gasteiger partial charge in [0, 0.05) is 18.2 Å². The number of carboxylic acids is 1. The predicted molar refractivity (Wildman–Crippen MR) is 60.2 cm³/mol. The summed E-state index contributed by atoms with van der Waals surface area (Å²) in [6.07, 6.45) is 0. The number of benzene rings is 1. The van der Waals surface area contributed by atoms with Crippen molar-refractivity contribution in [1.82, 2.24) is 0 Å². The second-order valence-electron chi connectivity index (χ2n) is 3.63. The van der Waals surface area contributed by atoms with Crippen LogP contribution in [0.1, 0.15) is 17.3 Å². The second-order valence-corrected chi connectivity index (χ2v) is 3.63. The summed E-state index contributed by atoms with van der Waals surface area (Å²) in [6.45, 7) is 1.82. The standard InChI is InChI=1S/C11H13FN2O3/c1-6(5-13)10(15)14-7-2-3-8(11(16)17)9(12)4-7/h2-4,6H,5,13H2,1H3,(H,14,15)(H,16,17). The third-order valence-corrected chi connectivity index (χ3v) is 2.27. The Balaban J connectivity index is 2.84. The van der Waals surface area contributed by atoms with Gasteiger partial charge in [-0.3, -0.25) is 4.79 Å². The molecule has 0 aromatic heterocycles. The highest BCUT2D eigenvalue weighted by Gasteiger charge is 2.14. The van der Waals surface area contributed by atoms with Gasteiger partial charge in [-0.2, -0.15) is 0 Å². The van der Waals surface area contributed by atoms with Crippen LogP contribution in [0, 0.1) is 11.7 Å². The summed E-state index contributed by atoms with van der Waals surface area (Å²) in [4.78, 5) is 22.0. The highest BCUT2D eigenvalue weighted by atomic mass is 19.1. The van der Waals surface area contributed by atoms with Gasteiger partial charge in [-0.15, -0.1) is 0 Å². The van der Waals surface area contributed by atoms with Crippen LogP contribution in [0.4, 0.5) is 10.1 Å². The van der Waals surface area contributed by atoms with Crippen molar-refractivity contribution >= 4 is 17.6 Å². The number of carbonyl (C=O) groups is 2. The Kier molecular flexibility index (Phi) is 4.17. The molecule has 1 unspecified atom stereocenters. The third kappa shape index (κ3) is 3.25. The molecular weight excluding hydrogens is 227 g/mol. The summed E-state index contributed by atoms with van der Waals surface area (Å²) in [5.74, 6) is -2.97. The first-order valence-corrected chi connectivity index (χ1v) is 4.99. The monoisotopic (exact) mass is 240 g/mol. The maximum absolute atomic E-state index is 13.3. The lowest BCUT2D eigenvalue weighted by atomic mass is 10.1. The Morgan fingerprint density at radius 2 is 2.18 bits per heavy atom. The summed E-state index contributed by atoms with van der Waals surface area (Å²) in [6, 6.07) is 3.39. The van der Waals surface area contributed by atoms with Crippen LogP contribution in [-0.4, -0.2) is 23.5 Å². The number of carboxylic acid groups (broad SMARTS) is 1. The Labute approximate surface area is 97.4 Å². The van der Waals surface area contributed by atoms with E-state index in [1.54, 1.807) is 6.92 Å². The van der Waals surface area contributed by atoms with Crippen LogP contribution >= 0.6 is 0 Å². The highest BCUT2D eigenvalue weighted by molar-refractivity contribution is 5.93. The minimum atomic E-state index is -1.35. The van der Waals surface area contributed by atoms with Crippen LogP contribution in [0.15, 0.2) is 18.2 Å². The molecule has 0 aliphatic carbocycles. The van der Waals surface area contributed by atoms with Crippen LogP contribution in [0.3, 0.4) is 0 Å². The molecule has 1 atom stereocenters. The molecule has 0 saturated carbocycles. The fourth-order valence-electron chi connectivity index (χ4n) is 1.14. The highest BCUT2D eigenvalue weighted by Crippen LogP contribution is 2.15. The first kappa shape index (κ1) is 13.1. The molecule has 0 spiro atoms. The summed E-state index contributed by atoms with van der Waals surface area (Å²) >= 11 is 0. The molecule has 0 fully saturated rings. The predicted octanol–water partition coefficient (Wildman–Crippen LogP) is 1.06. The van der Waals surface area contributed by atoms with E-state index in [0.29, 0.717) is 0 Å². The van der Waals surface area contributed by atoms with Crippen LogP contribution in [0.2, 0.25) is 0 Å². The lowest BCUT2D eigenvalue weighted by Gasteiger charge is -2.10. The number of aromatic carboxylic acids is 1. The molecule has 1 aromatic carbocycles. The SMILES string of the molecule is CC(CN)C(=O)Nc1ccc(C(=O)O)c(F)c1. The molecule has 92 valence electrons. The van der Waals surface area contributed by atoms with Gasteiger partial charge >= 0.3 is 5.97 Å². The lowest BCUT2D eigenvalue weighted by molar-refractivity contribution is -0.119. The smallest absolute Gasteiger partial charge is 0.338 e. The van der Waals surface area contributed by atoms with Gasteiger partial charge in [0.2, 0.25) is 5.91 Å². The number of halogens is 1. The third-order valence-electron chi connectivity index (χ3n) is 2.27. The number of hydrogen-bond acceptors (Lipinski definition) is 3. The minimum absolute atomic E-state index is 0.182. The van der Waals surface area contributed by atoms with Gasteiger partial charge in [-0.05, 0) is 18.2 Å². The van der Waals surface area contributed by atoms with Crippen LogP contribution in [0.25, 0.3) is 0 Å². The van der Waals surface area contributed by atoms with Gasteiger partial charge in [-0.1, -0.05) is 6.92 Å². The average Bonchev–Trinajstić information content (AvgIpc) is 2.27. The maximum atomic E-state index is 13.3. The first-order valence-electron chi connectivity index (χ1n) is 4.99. The molecule has 0 radical (unpaired) electrons. The van der Waals surface area contributed by atoms with E-state index in [1.165, 1.54) is 6.07 Å². The van der Waals surface area contributed by atoms with Crippen molar-refractivity contribution in [3.63, 3.8) is 0 Å². The van der Waals surface area contributed by atoms with Crippen molar-refractivity contribution in [2.75, 3.05) is 11.9 Å². The van der Waals surface area contributed by atoms with Gasteiger partial charge < -0.3 is 16.2 Å². The second kappa shape index (κ2) is 5.40. The van der Waals surface area contributed by atoms with Crippen LogP contribution in [0.5, 0.6) is 0 Å². The van der Waals surface area contributed by atoms with Crippen LogP contribution < -0.4 is 11.1 Å². The summed E-state index contributed by atoms with van der Waals surface area (Å²) in [7, 11) is 0. The zero-order valence-electron chi connectivity index (χ0n) is 9.24. The Hall–Kier alpha value is -1.95. The van der Waals surface area contributed by atoms with Crippen molar-refractivity contribution in [2.45, 2.75) is 6.92 Å². The van der Waals surface area contributed by atoms with Gasteiger partial charge in [0.15, 0.2) is 0 Å². The van der Waals surface area contributed by atoms with E-state index < -0.39 is 23.3 Å². The molecular formula is C11H13FN2O3. The Morgan fingerprint density at radius 3 is 2.65 bits per heavy atom. The Morgan fingerprint density at radius 1 is 1.53 bits per heavy atom. The van der Waals surface area contributed by atoms with E-state index >= 15 is 0 Å². The van der Waals surface area contributed by atoms with E-state index in [1.807, 2.05) is 0 Å². The molecule has 17 heavy (non-hydrogen) atoms. The number of nitrogens with two attached hydrogens (primary N) is 1. The maximum Gasteiger partial charge on any atom is 0.338 e. The lowest BCUT2D eigenvalue weighted by Crippen LogP contribution is -2.26. The number of carbonyl (C=O) groups excluding carboxylic acids is 1. The molecule has 1 rings (SSSR count). The fraction of sp³-hybridized carbons (Fsp3) is 0.273. The van der Waals surface area contributed by atoms with Crippen molar-refractivity contribution in [2.24, 2.45) is 11.7 Å². The molecule has 1 aromatic rings. The summed E-state index contributed by atoms with van der Waals surface area (Å²) < 4.78 is 13.3. The molecule has 0 aliphatic heterocycles. The van der Waals surface area contributed by atoms with Crippen molar-refractivity contribution in [1.29, 1.82) is 0 Å². The largest absolute Gasteiger partial charge is 0.478 e. The molecule has 0 heterocycles. The van der Waals surface area contributed by atoms with Crippen molar-refractivity contribution in [3.05, 3.63) is 29.6 Å². The van der Waals surface area contributed by atoms with Crippen molar-refractivity contribution < 1.29 is 19.1 Å². The van der Waals surface area contributed by atoms with Gasteiger partial charge in [0.05, 0.1) is 5.56 Å². The zero-order chi connectivity index (χ0) is 13.0. The normalized spacial score (nSPS) is 11.9. The summed E-state index contributed by atoms with van der Waals surface area (Å²) in [5, 5.41) is 11.1. The van der Waals surface area contributed by atoms with Crippen LogP contribution in [-0.2, 0) is 4.79 Å². The number of amides is 1. The fourth-order valence-corrected chi connectivity index (χ4v) is 1.14. The molecule has 4 N–H and O–H groups in total. The quantitative estimate of drug-likeness (QED) is 0.733. The zero-order valence-corrected chi connectivity index (χ0v) is 9.24. The number of nitrogens with one attached hydrogen (secondary N) is 1. The minimum Gasteiger partial charge on any atom is -0.478 e. The van der Waals surface area contributed by atoms with Gasteiger partial charge in [0.1, 0.15) is 5.82 Å². The molecule has 1 amide bonds. The van der Waals surface area contributed by atoms with E-state index in [2.05, 4.69) is 5.32 Å². The molecule has 0 bridgehead atoms.